The average molecular weight is 490 g/mol. The summed E-state index contributed by atoms with van der Waals surface area (Å²) in [5, 5.41) is 10.6. The summed E-state index contributed by atoms with van der Waals surface area (Å²) in [7, 11) is 0. The van der Waals surface area contributed by atoms with Gasteiger partial charge in [-0.2, -0.15) is 0 Å². The highest BCUT2D eigenvalue weighted by Gasteiger charge is 2.41. The molecule has 36 heavy (non-hydrogen) atoms. The van der Waals surface area contributed by atoms with Crippen LogP contribution in [0, 0.1) is 0 Å². The summed E-state index contributed by atoms with van der Waals surface area (Å²) in [6, 6.07) is 9.40. The molecular formula is C25H27N7O4. The molecule has 0 radical (unpaired) electrons. The lowest BCUT2D eigenvalue weighted by Gasteiger charge is -2.41. The van der Waals surface area contributed by atoms with Crippen molar-refractivity contribution in [2.24, 2.45) is 5.73 Å². The number of anilines is 1. The number of rotatable bonds is 5. The first-order valence-electron chi connectivity index (χ1n) is 12.3. The Morgan fingerprint density at radius 1 is 1.03 bits per heavy atom. The molecule has 3 atom stereocenters. The van der Waals surface area contributed by atoms with Gasteiger partial charge in [0, 0.05) is 50.2 Å². The van der Waals surface area contributed by atoms with Crippen LogP contribution in [0.25, 0.3) is 0 Å². The summed E-state index contributed by atoms with van der Waals surface area (Å²) in [5.74, 6) is -0.641. The highest BCUT2D eigenvalue weighted by molar-refractivity contribution is 6.05. The number of primary amides is 1. The van der Waals surface area contributed by atoms with E-state index in [1.165, 1.54) is 0 Å². The van der Waals surface area contributed by atoms with Crippen LogP contribution in [0.4, 0.5) is 5.82 Å². The first-order chi connectivity index (χ1) is 17.4. The molecule has 11 nitrogen and oxygen atoms in total. The van der Waals surface area contributed by atoms with E-state index in [1.54, 1.807) is 11.0 Å². The third-order valence-corrected chi connectivity index (χ3v) is 7.72. The molecule has 5 heterocycles. The molecule has 3 unspecified atom stereocenters. The molecule has 3 N–H and O–H groups in total. The van der Waals surface area contributed by atoms with Gasteiger partial charge in [0.1, 0.15) is 6.04 Å². The van der Waals surface area contributed by atoms with Gasteiger partial charge in [-0.05, 0) is 48.6 Å². The predicted octanol–water partition coefficient (Wildman–Crippen LogP) is 0.190. The number of piperidine rings is 1. The highest BCUT2D eigenvalue weighted by Crippen LogP contribution is 2.35. The fraction of sp³-hybridized carbons (Fsp3) is 0.440. The molecule has 2 aromatic rings. The number of likely N-dealkylation sites (tertiary alicyclic amines) is 1. The minimum atomic E-state index is -0.602. The summed E-state index contributed by atoms with van der Waals surface area (Å²) in [5.41, 5.74) is 8.13. The molecule has 4 aliphatic heterocycles. The Bertz CT molecular complexity index is 1250. The zero-order chi connectivity index (χ0) is 25.0. The number of carbonyl (C=O) groups is 4. The minimum Gasteiger partial charge on any atom is -0.364 e. The molecule has 3 fully saturated rings. The maximum absolute atomic E-state index is 13.0. The number of hydrogen-bond donors (Lipinski definition) is 2. The van der Waals surface area contributed by atoms with Gasteiger partial charge < -0.3 is 15.5 Å². The van der Waals surface area contributed by atoms with Gasteiger partial charge in [-0.1, -0.05) is 12.1 Å². The minimum absolute atomic E-state index is 0.152. The van der Waals surface area contributed by atoms with Gasteiger partial charge in [0.2, 0.25) is 11.8 Å². The van der Waals surface area contributed by atoms with Crippen molar-refractivity contribution in [1.82, 2.24) is 25.3 Å². The van der Waals surface area contributed by atoms with E-state index < -0.39 is 17.9 Å². The smallest absolute Gasteiger partial charge is 0.269 e. The summed E-state index contributed by atoms with van der Waals surface area (Å²) in [4.78, 5) is 54.4. The normalized spacial score (nSPS) is 25.8. The molecule has 1 aromatic carbocycles. The van der Waals surface area contributed by atoms with E-state index in [2.05, 4.69) is 31.4 Å². The van der Waals surface area contributed by atoms with Crippen LogP contribution in [0.2, 0.25) is 0 Å². The Kier molecular flexibility index (Phi) is 5.44. The maximum atomic E-state index is 13.0. The van der Waals surface area contributed by atoms with Crippen LogP contribution >= 0.6 is 0 Å². The van der Waals surface area contributed by atoms with Crippen LogP contribution in [0.15, 0.2) is 30.3 Å². The lowest BCUT2D eigenvalue weighted by atomic mass is 10.0. The van der Waals surface area contributed by atoms with Gasteiger partial charge in [-0.3, -0.25) is 29.4 Å². The van der Waals surface area contributed by atoms with Crippen LogP contribution in [0.3, 0.4) is 0 Å². The SMILES string of the molecule is NC(=O)c1ccc(N2C3CCC2CN(Cc2ccc4c(c2)CN(C2CCC(=O)NC2=O)C4=O)C3)nn1. The zero-order valence-corrected chi connectivity index (χ0v) is 19.7. The molecule has 1 aromatic heterocycles. The number of amides is 4. The van der Waals surface area contributed by atoms with Crippen LogP contribution in [-0.4, -0.2) is 74.8 Å². The van der Waals surface area contributed by atoms with E-state index in [0.29, 0.717) is 30.6 Å². The molecule has 0 spiro atoms. The molecule has 3 saturated heterocycles. The van der Waals surface area contributed by atoms with E-state index >= 15 is 0 Å². The maximum Gasteiger partial charge on any atom is 0.269 e. The number of nitrogens with zero attached hydrogens (tertiary/aromatic N) is 5. The Balaban J connectivity index is 1.12. The Labute approximate surface area is 207 Å². The second-order valence-electron chi connectivity index (χ2n) is 10.0. The molecule has 0 saturated carbocycles. The number of hydrogen-bond acceptors (Lipinski definition) is 8. The predicted molar refractivity (Wildman–Crippen MR) is 128 cm³/mol. The van der Waals surface area contributed by atoms with Crippen molar-refractivity contribution in [2.45, 2.75) is 56.9 Å². The van der Waals surface area contributed by atoms with E-state index in [-0.39, 0.29) is 23.9 Å². The van der Waals surface area contributed by atoms with Gasteiger partial charge in [0.25, 0.3) is 11.8 Å². The van der Waals surface area contributed by atoms with Crippen molar-refractivity contribution >= 4 is 29.4 Å². The fourth-order valence-corrected chi connectivity index (χ4v) is 6.07. The number of nitrogens with one attached hydrogen (secondary N) is 1. The number of benzene rings is 1. The molecule has 186 valence electrons. The van der Waals surface area contributed by atoms with Gasteiger partial charge in [-0.25, -0.2) is 0 Å². The highest BCUT2D eigenvalue weighted by atomic mass is 16.2. The largest absolute Gasteiger partial charge is 0.364 e. The van der Waals surface area contributed by atoms with E-state index in [1.807, 2.05) is 18.2 Å². The standard InChI is InChI=1S/C25H27N7O4/c26-23(34)19-5-7-21(29-28-19)32-16-2-3-17(32)13-30(12-16)10-14-1-4-18-15(9-14)11-31(25(18)36)20-6-8-22(33)27-24(20)35/h1,4-5,7,9,16-17,20H,2-3,6,8,10-13H2,(H2,26,34)(H,27,33,35). The average Bonchev–Trinajstić information content (AvgIpc) is 3.32. The third kappa shape index (κ3) is 3.89. The quantitative estimate of drug-likeness (QED) is 0.567. The third-order valence-electron chi connectivity index (χ3n) is 7.72. The molecule has 4 amide bonds. The number of aromatic nitrogens is 2. The van der Waals surface area contributed by atoms with Crippen molar-refractivity contribution < 1.29 is 19.2 Å². The van der Waals surface area contributed by atoms with Crippen molar-refractivity contribution in [1.29, 1.82) is 0 Å². The molecule has 11 heteroatoms. The van der Waals surface area contributed by atoms with Gasteiger partial charge >= 0.3 is 0 Å². The van der Waals surface area contributed by atoms with Gasteiger partial charge in [-0.15, -0.1) is 10.2 Å². The number of piperazine rings is 1. The van der Waals surface area contributed by atoms with Crippen LogP contribution in [-0.2, 0) is 22.7 Å². The number of fused-ring (bicyclic) bond motifs is 3. The second kappa shape index (κ2) is 8.66. The Morgan fingerprint density at radius 3 is 2.47 bits per heavy atom. The Morgan fingerprint density at radius 2 is 1.81 bits per heavy atom. The lowest BCUT2D eigenvalue weighted by molar-refractivity contribution is -0.136. The molecule has 0 aliphatic carbocycles. The number of nitrogens with two attached hydrogens (primary N) is 1. The summed E-state index contributed by atoms with van der Waals surface area (Å²) >= 11 is 0. The van der Waals surface area contributed by atoms with Crippen molar-refractivity contribution in [3.63, 3.8) is 0 Å². The van der Waals surface area contributed by atoms with Crippen molar-refractivity contribution in [3.05, 3.63) is 52.7 Å². The number of imide groups is 1. The topological polar surface area (TPSA) is 142 Å². The first kappa shape index (κ1) is 22.6. The lowest BCUT2D eigenvalue weighted by Crippen LogP contribution is -2.53. The Hall–Kier alpha value is -3.86. The van der Waals surface area contributed by atoms with Gasteiger partial charge in [0.05, 0.1) is 0 Å². The van der Waals surface area contributed by atoms with Gasteiger partial charge in [0.15, 0.2) is 11.5 Å². The van der Waals surface area contributed by atoms with Crippen LogP contribution in [0.5, 0.6) is 0 Å². The van der Waals surface area contributed by atoms with Crippen molar-refractivity contribution in [2.75, 3.05) is 18.0 Å². The second-order valence-corrected chi connectivity index (χ2v) is 10.0. The van der Waals surface area contributed by atoms with Crippen molar-refractivity contribution in [3.8, 4) is 0 Å². The summed E-state index contributed by atoms with van der Waals surface area (Å²) < 4.78 is 0. The van der Waals surface area contributed by atoms with E-state index in [0.717, 1.165) is 49.4 Å². The fourth-order valence-electron chi connectivity index (χ4n) is 6.07. The molecule has 6 rings (SSSR count). The molecule has 2 bridgehead atoms. The van der Waals surface area contributed by atoms with Crippen LogP contribution < -0.4 is 16.0 Å². The van der Waals surface area contributed by atoms with Crippen LogP contribution in [0.1, 0.15) is 57.7 Å². The summed E-state index contributed by atoms with van der Waals surface area (Å²) in [6.45, 7) is 2.92. The molecule has 4 aliphatic rings. The first-order valence-corrected chi connectivity index (χ1v) is 12.3. The van der Waals surface area contributed by atoms with E-state index in [4.69, 9.17) is 5.73 Å². The van der Waals surface area contributed by atoms with E-state index in [9.17, 15) is 19.2 Å². The monoisotopic (exact) mass is 489 g/mol. The number of carbonyl (C=O) groups excluding carboxylic acids is 4. The summed E-state index contributed by atoms with van der Waals surface area (Å²) in [6.07, 6.45) is 2.75. The molecular weight excluding hydrogens is 462 g/mol. The zero-order valence-electron chi connectivity index (χ0n) is 19.7.